The Balaban J connectivity index is 1.42. The van der Waals surface area contributed by atoms with Crippen molar-refractivity contribution in [3.63, 3.8) is 0 Å². The van der Waals surface area contributed by atoms with Crippen LogP contribution in [0.3, 0.4) is 0 Å². The lowest BCUT2D eigenvalue weighted by Crippen LogP contribution is -2.42. The van der Waals surface area contributed by atoms with Crippen molar-refractivity contribution in [1.29, 1.82) is 0 Å². The van der Waals surface area contributed by atoms with Crippen LogP contribution < -0.4 is 14.2 Å². The zero-order valence-corrected chi connectivity index (χ0v) is 14.9. The van der Waals surface area contributed by atoms with Crippen LogP contribution in [0.5, 0.6) is 17.2 Å². The number of carbonyl (C=O) groups is 1. The van der Waals surface area contributed by atoms with Crippen molar-refractivity contribution in [2.45, 2.75) is 32.4 Å². The Morgan fingerprint density at radius 1 is 1.15 bits per heavy atom. The summed E-state index contributed by atoms with van der Waals surface area (Å²) < 4.78 is 16.4. The lowest BCUT2D eigenvalue weighted by atomic mass is 10.1. The number of amides is 1. The molecule has 1 aliphatic heterocycles. The lowest BCUT2D eigenvalue weighted by Gasteiger charge is -2.29. The predicted molar refractivity (Wildman–Crippen MR) is 97.2 cm³/mol. The number of nitrogens with zero attached hydrogens (tertiary/aromatic N) is 1. The molecule has 5 nitrogen and oxygen atoms in total. The maximum atomic E-state index is 12.9. The molecule has 0 spiro atoms. The molecule has 26 heavy (non-hydrogen) atoms. The van der Waals surface area contributed by atoms with Gasteiger partial charge in [-0.2, -0.15) is 0 Å². The standard InChI is InChI=1S/C21H23NO4/c1-15(17-7-8-17)22(12-16-5-3-2-4-6-16)21(23)13-24-18-9-10-19-20(11-18)26-14-25-19/h2-6,9-11,15,17H,7-8,12-14H2,1H3. The van der Waals surface area contributed by atoms with Gasteiger partial charge in [0.15, 0.2) is 18.1 Å². The zero-order chi connectivity index (χ0) is 17.9. The van der Waals surface area contributed by atoms with E-state index in [4.69, 9.17) is 14.2 Å². The van der Waals surface area contributed by atoms with E-state index in [9.17, 15) is 4.79 Å². The summed E-state index contributed by atoms with van der Waals surface area (Å²) in [5.74, 6) is 2.58. The van der Waals surface area contributed by atoms with Gasteiger partial charge in [0.2, 0.25) is 6.79 Å². The molecule has 4 rings (SSSR count). The van der Waals surface area contributed by atoms with E-state index < -0.39 is 0 Å². The fourth-order valence-corrected chi connectivity index (χ4v) is 3.27. The largest absolute Gasteiger partial charge is 0.484 e. The summed E-state index contributed by atoms with van der Waals surface area (Å²) in [7, 11) is 0. The Bertz CT molecular complexity index is 773. The molecule has 1 amide bonds. The normalized spacial score (nSPS) is 16.2. The first-order chi connectivity index (χ1) is 12.7. The molecular weight excluding hydrogens is 330 g/mol. The van der Waals surface area contributed by atoms with Crippen LogP contribution in [0.4, 0.5) is 0 Å². The van der Waals surface area contributed by atoms with Gasteiger partial charge in [-0.25, -0.2) is 0 Å². The van der Waals surface area contributed by atoms with E-state index in [1.165, 1.54) is 12.8 Å². The molecular formula is C21H23NO4. The maximum absolute atomic E-state index is 12.9. The minimum absolute atomic E-state index is 0.00548. The van der Waals surface area contributed by atoms with Gasteiger partial charge >= 0.3 is 0 Å². The lowest BCUT2D eigenvalue weighted by molar-refractivity contribution is -0.136. The van der Waals surface area contributed by atoms with E-state index in [0.717, 1.165) is 5.56 Å². The molecule has 0 N–H and O–H groups in total. The average molecular weight is 353 g/mol. The highest BCUT2D eigenvalue weighted by molar-refractivity contribution is 5.78. The summed E-state index contributed by atoms with van der Waals surface area (Å²) in [6.45, 7) is 2.99. The van der Waals surface area contributed by atoms with Crippen molar-refractivity contribution in [2.75, 3.05) is 13.4 Å². The molecule has 136 valence electrons. The monoisotopic (exact) mass is 353 g/mol. The van der Waals surface area contributed by atoms with Crippen LogP contribution in [0.25, 0.3) is 0 Å². The van der Waals surface area contributed by atoms with Crippen molar-refractivity contribution < 1.29 is 19.0 Å². The van der Waals surface area contributed by atoms with Gasteiger partial charge in [0.25, 0.3) is 5.91 Å². The van der Waals surface area contributed by atoms with E-state index >= 15 is 0 Å². The van der Waals surface area contributed by atoms with Crippen molar-refractivity contribution >= 4 is 5.91 Å². The SMILES string of the molecule is CC(C1CC1)N(Cc1ccccc1)C(=O)COc1ccc2c(c1)OCO2. The molecule has 0 radical (unpaired) electrons. The van der Waals surface area contributed by atoms with Crippen LogP contribution in [0, 0.1) is 5.92 Å². The van der Waals surface area contributed by atoms with Crippen LogP contribution in [-0.2, 0) is 11.3 Å². The van der Waals surface area contributed by atoms with Gasteiger partial charge in [0.1, 0.15) is 5.75 Å². The van der Waals surface area contributed by atoms with Crippen LogP contribution in [0.2, 0.25) is 0 Å². The van der Waals surface area contributed by atoms with E-state index in [0.29, 0.717) is 29.7 Å². The van der Waals surface area contributed by atoms with Crippen molar-refractivity contribution in [3.8, 4) is 17.2 Å². The second kappa shape index (κ2) is 7.28. The summed E-state index contributed by atoms with van der Waals surface area (Å²) in [5.41, 5.74) is 1.14. The Morgan fingerprint density at radius 2 is 1.92 bits per heavy atom. The first-order valence-electron chi connectivity index (χ1n) is 9.06. The van der Waals surface area contributed by atoms with E-state index in [2.05, 4.69) is 19.1 Å². The van der Waals surface area contributed by atoms with Crippen molar-refractivity contribution in [3.05, 3.63) is 54.1 Å². The summed E-state index contributed by atoms with van der Waals surface area (Å²) in [4.78, 5) is 14.8. The maximum Gasteiger partial charge on any atom is 0.261 e. The fourth-order valence-electron chi connectivity index (χ4n) is 3.27. The van der Waals surface area contributed by atoms with Gasteiger partial charge in [0, 0.05) is 18.7 Å². The smallest absolute Gasteiger partial charge is 0.261 e. The molecule has 0 bridgehead atoms. The highest BCUT2D eigenvalue weighted by Gasteiger charge is 2.34. The topological polar surface area (TPSA) is 48.0 Å². The second-order valence-electron chi connectivity index (χ2n) is 6.89. The van der Waals surface area contributed by atoms with E-state index in [1.54, 1.807) is 18.2 Å². The molecule has 2 aromatic rings. The number of fused-ring (bicyclic) bond motifs is 1. The number of hydrogen-bond acceptors (Lipinski definition) is 4. The van der Waals surface area contributed by atoms with Crippen molar-refractivity contribution in [2.24, 2.45) is 5.92 Å². The third-order valence-electron chi connectivity index (χ3n) is 5.02. The predicted octanol–water partition coefficient (Wildman–Crippen LogP) is 3.62. The summed E-state index contributed by atoms with van der Waals surface area (Å²) in [5, 5.41) is 0. The summed E-state index contributed by atoms with van der Waals surface area (Å²) >= 11 is 0. The molecule has 1 unspecified atom stereocenters. The third-order valence-corrected chi connectivity index (χ3v) is 5.02. The first-order valence-corrected chi connectivity index (χ1v) is 9.06. The highest BCUT2D eigenvalue weighted by atomic mass is 16.7. The van der Waals surface area contributed by atoms with Crippen LogP contribution >= 0.6 is 0 Å². The molecule has 0 saturated heterocycles. The number of benzene rings is 2. The van der Waals surface area contributed by atoms with Gasteiger partial charge in [-0.05, 0) is 43.4 Å². The molecule has 2 aliphatic rings. The van der Waals surface area contributed by atoms with Gasteiger partial charge < -0.3 is 19.1 Å². The number of hydrogen-bond donors (Lipinski definition) is 0. The molecule has 1 saturated carbocycles. The molecule has 1 heterocycles. The minimum atomic E-state index is 0.00548. The first kappa shape index (κ1) is 16.8. The quantitative estimate of drug-likeness (QED) is 0.763. The Kier molecular flexibility index (Phi) is 4.69. The number of rotatable bonds is 7. The zero-order valence-electron chi connectivity index (χ0n) is 14.9. The van der Waals surface area contributed by atoms with Gasteiger partial charge in [-0.3, -0.25) is 4.79 Å². The van der Waals surface area contributed by atoms with Crippen LogP contribution in [0.1, 0.15) is 25.3 Å². The van der Waals surface area contributed by atoms with Crippen LogP contribution in [-0.4, -0.2) is 30.2 Å². The Hall–Kier alpha value is -2.69. The molecule has 2 aromatic carbocycles. The average Bonchev–Trinajstić information content (AvgIpc) is 3.42. The Morgan fingerprint density at radius 3 is 2.69 bits per heavy atom. The fraction of sp³-hybridized carbons (Fsp3) is 0.381. The highest BCUT2D eigenvalue weighted by Crippen LogP contribution is 2.36. The van der Waals surface area contributed by atoms with Gasteiger partial charge in [0.05, 0.1) is 0 Å². The van der Waals surface area contributed by atoms with E-state index in [-0.39, 0.29) is 25.3 Å². The Labute approximate surface area is 153 Å². The van der Waals surface area contributed by atoms with Gasteiger partial charge in [-0.15, -0.1) is 0 Å². The third kappa shape index (κ3) is 3.77. The number of carbonyl (C=O) groups excluding carboxylic acids is 1. The van der Waals surface area contributed by atoms with E-state index in [1.807, 2.05) is 23.1 Å². The second-order valence-corrected chi connectivity index (χ2v) is 6.89. The minimum Gasteiger partial charge on any atom is -0.484 e. The molecule has 1 fully saturated rings. The van der Waals surface area contributed by atoms with Crippen LogP contribution in [0.15, 0.2) is 48.5 Å². The molecule has 5 heteroatoms. The summed E-state index contributed by atoms with van der Waals surface area (Å²) in [6, 6.07) is 15.7. The van der Waals surface area contributed by atoms with Crippen molar-refractivity contribution in [1.82, 2.24) is 4.90 Å². The molecule has 0 aromatic heterocycles. The van der Waals surface area contributed by atoms with Gasteiger partial charge in [-0.1, -0.05) is 30.3 Å². The molecule has 1 atom stereocenters. The summed E-state index contributed by atoms with van der Waals surface area (Å²) in [6.07, 6.45) is 2.39. The number of ether oxygens (including phenoxy) is 3. The molecule has 1 aliphatic carbocycles.